The fraction of sp³-hybridized carbons (Fsp3) is 0.857. The van der Waals surface area contributed by atoms with Crippen molar-refractivity contribution in [1.29, 1.82) is 0 Å². The van der Waals surface area contributed by atoms with Gasteiger partial charge in [0.25, 0.3) is 0 Å². The van der Waals surface area contributed by atoms with Crippen LogP contribution >= 0.6 is 0 Å². The fourth-order valence-corrected chi connectivity index (χ4v) is 0.609. The molecule has 60 valence electrons. The zero-order valence-corrected chi connectivity index (χ0v) is 6.72. The molecule has 10 heavy (non-hydrogen) atoms. The van der Waals surface area contributed by atoms with Crippen molar-refractivity contribution >= 4 is 6.29 Å². The summed E-state index contributed by atoms with van der Waals surface area (Å²) in [6.45, 7) is 1.80. The molecule has 0 aliphatic rings. The molecule has 0 saturated carbocycles. The number of methoxy groups -OCH3 is 2. The first-order valence-electron chi connectivity index (χ1n) is 3.22. The van der Waals surface area contributed by atoms with Crippen molar-refractivity contribution in [3.63, 3.8) is 0 Å². The maximum absolute atomic E-state index is 9.97. The monoisotopic (exact) mass is 146 g/mol. The standard InChI is InChI=1S/C7H14O3/c1-7(9-2,10-3)5-4-6-8/h6H,4-5H2,1-3H3. The van der Waals surface area contributed by atoms with Crippen LogP contribution in [0.4, 0.5) is 0 Å². The molecule has 0 saturated heterocycles. The van der Waals surface area contributed by atoms with Crippen LogP contribution in [0.3, 0.4) is 0 Å². The molecular weight excluding hydrogens is 132 g/mol. The minimum atomic E-state index is -0.596. The molecule has 0 rings (SSSR count). The summed E-state index contributed by atoms with van der Waals surface area (Å²) in [6.07, 6.45) is 1.93. The molecule has 0 bridgehead atoms. The maximum atomic E-state index is 9.97. The first kappa shape index (κ1) is 9.59. The van der Waals surface area contributed by atoms with Gasteiger partial charge in [0.1, 0.15) is 6.29 Å². The van der Waals surface area contributed by atoms with Gasteiger partial charge in [0, 0.05) is 27.1 Å². The van der Waals surface area contributed by atoms with Gasteiger partial charge in [-0.25, -0.2) is 0 Å². The number of ether oxygens (including phenoxy) is 2. The van der Waals surface area contributed by atoms with E-state index in [9.17, 15) is 4.79 Å². The van der Waals surface area contributed by atoms with Crippen LogP contribution in [0.2, 0.25) is 0 Å². The van der Waals surface area contributed by atoms with Crippen LogP contribution in [0.5, 0.6) is 0 Å². The van der Waals surface area contributed by atoms with E-state index in [0.29, 0.717) is 12.8 Å². The molecule has 3 nitrogen and oxygen atoms in total. The second kappa shape index (κ2) is 4.41. The Bertz CT molecular complexity index is 97.0. The van der Waals surface area contributed by atoms with E-state index in [1.165, 1.54) is 0 Å². The minimum absolute atomic E-state index is 0.470. The SMILES string of the molecule is COC(C)(CCC=O)OC. The van der Waals surface area contributed by atoms with E-state index in [2.05, 4.69) is 0 Å². The quantitative estimate of drug-likeness (QED) is 0.428. The lowest BCUT2D eigenvalue weighted by atomic mass is 10.2. The highest BCUT2D eigenvalue weighted by Crippen LogP contribution is 2.15. The Morgan fingerprint density at radius 1 is 1.40 bits per heavy atom. The smallest absolute Gasteiger partial charge is 0.165 e. The fourth-order valence-electron chi connectivity index (χ4n) is 0.609. The summed E-state index contributed by atoms with van der Waals surface area (Å²) in [4.78, 5) is 9.97. The molecule has 0 aliphatic heterocycles. The van der Waals surface area contributed by atoms with E-state index < -0.39 is 5.79 Å². The van der Waals surface area contributed by atoms with Crippen LogP contribution in [-0.4, -0.2) is 26.3 Å². The van der Waals surface area contributed by atoms with Gasteiger partial charge < -0.3 is 14.3 Å². The third-order valence-corrected chi connectivity index (χ3v) is 1.58. The molecule has 0 atom stereocenters. The third kappa shape index (κ3) is 2.94. The summed E-state index contributed by atoms with van der Waals surface area (Å²) in [5.74, 6) is -0.596. The lowest BCUT2D eigenvalue weighted by molar-refractivity contribution is -0.197. The number of carbonyl (C=O) groups excluding carboxylic acids is 1. The molecule has 0 amide bonds. The van der Waals surface area contributed by atoms with Gasteiger partial charge in [-0.15, -0.1) is 0 Å². The van der Waals surface area contributed by atoms with Gasteiger partial charge in [-0.1, -0.05) is 0 Å². The van der Waals surface area contributed by atoms with Gasteiger partial charge in [0.05, 0.1) is 0 Å². The van der Waals surface area contributed by atoms with Crippen molar-refractivity contribution in [2.75, 3.05) is 14.2 Å². The van der Waals surface area contributed by atoms with E-state index in [0.717, 1.165) is 6.29 Å². The van der Waals surface area contributed by atoms with Crippen molar-refractivity contribution in [2.24, 2.45) is 0 Å². The third-order valence-electron chi connectivity index (χ3n) is 1.58. The molecule has 0 spiro atoms. The number of aldehydes is 1. The van der Waals surface area contributed by atoms with Gasteiger partial charge in [-0.3, -0.25) is 0 Å². The molecule has 0 heterocycles. The average molecular weight is 146 g/mol. The van der Waals surface area contributed by atoms with E-state index in [1.54, 1.807) is 21.1 Å². The summed E-state index contributed by atoms with van der Waals surface area (Å²) in [6, 6.07) is 0. The van der Waals surface area contributed by atoms with E-state index >= 15 is 0 Å². The minimum Gasteiger partial charge on any atom is -0.353 e. The Labute approximate surface area is 61.3 Å². The number of rotatable bonds is 5. The molecule has 0 aliphatic carbocycles. The summed E-state index contributed by atoms with van der Waals surface area (Å²) >= 11 is 0. The summed E-state index contributed by atoms with van der Waals surface area (Å²) < 4.78 is 10.0. The molecule has 0 aromatic heterocycles. The molecule has 0 N–H and O–H groups in total. The van der Waals surface area contributed by atoms with Crippen LogP contribution in [0.25, 0.3) is 0 Å². The van der Waals surface area contributed by atoms with Gasteiger partial charge in [-0.2, -0.15) is 0 Å². The van der Waals surface area contributed by atoms with Crippen LogP contribution in [0, 0.1) is 0 Å². The first-order valence-corrected chi connectivity index (χ1v) is 3.22. The molecule has 0 aromatic rings. The van der Waals surface area contributed by atoms with Crippen LogP contribution < -0.4 is 0 Å². The zero-order chi connectivity index (χ0) is 8.04. The summed E-state index contributed by atoms with van der Waals surface area (Å²) in [5, 5.41) is 0. The Morgan fingerprint density at radius 2 is 1.90 bits per heavy atom. The van der Waals surface area contributed by atoms with Gasteiger partial charge in [-0.05, 0) is 6.92 Å². The Morgan fingerprint density at radius 3 is 2.20 bits per heavy atom. The molecular formula is C7H14O3. The lowest BCUT2D eigenvalue weighted by Crippen LogP contribution is -2.29. The molecule has 0 fully saturated rings. The van der Waals surface area contributed by atoms with Gasteiger partial charge in [0.15, 0.2) is 5.79 Å². The van der Waals surface area contributed by atoms with Crippen molar-refractivity contribution < 1.29 is 14.3 Å². The topological polar surface area (TPSA) is 35.5 Å². The molecule has 0 aromatic carbocycles. The van der Waals surface area contributed by atoms with E-state index in [4.69, 9.17) is 9.47 Å². The Balaban J connectivity index is 3.68. The van der Waals surface area contributed by atoms with Crippen LogP contribution in [0.15, 0.2) is 0 Å². The van der Waals surface area contributed by atoms with Crippen molar-refractivity contribution in [3.8, 4) is 0 Å². The largest absolute Gasteiger partial charge is 0.353 e. The number of hydrogen-bond acceptors (Lipinski definition) is 3. The predicted octanol–water partition coefficient (Wildman–Crippen LogP) is 0.975. The number of carbonyl (C=O) groups is 1. The maximum Gasteiger partial charge on any atom is 0.165 e. The number of hydrogen-bond donors (Lipinski definition) is 0. The summed E-state index contributed by atoms with van der Waals surface area (Å²) in [5.41, 5.74) is 0. The lowest BCUT2D eigenvalue weighted by Gasteiger charge is -2.25. The van der Waals surface area contributed by atoms with E-state index in [1.807, 2.05) is 0 Å². The normalized spacial score (nSPS) is 11.5. The van der Waals surface area contributed by atoms with Crippen LogP contribution in [-0.2, 0) is 14.3 Å². The van der Waals surface area contributed by atoms with Crippen molar-refractivity contribution in [2.45, 2.75) is 25.6 Å². The highest BCUT2D eigenvalue weighted by molar-refractivity contribution is 5.49. The molecule has 0 radical (unpaired) electrons. The second-order valence-electron chi connectivity index (χ2n) is 2.25. The van der Waals surface area contributed by atoms with Gasteiger partial charge >= 0.3 is 0 Å². The van der Waals surface area contributed by atoms with E-state index in [-0.39, 0.29) is 0 Å². The Kier molecular flexibility index (Phi) is 4.23. The zero-order valence-electron chi connectivity index (χ0n) is 6.72. The highest BCUT2D eigenvalue weighted by atomic mass is 16.7. The molecule has 3 heteroatoms. The predicted molar refractivity (Wildman–Crippen MR) is 37.7 cm³/mol. The van der Waals surface area contributed by atoms with Crippen molar-refractivity contribution in [3.05, 3.63) is 0 Å². The van der Waals surface area contributed by atoms with Crippen molar-refractivity contribution in [1.82, 2.24) is 0 Å². The second-order valence-corrected chi connectivity index (χ2v) is 2.25. The first-order chi connectivity index (χ1) is 4.68. The summed E-state index contributed by atoms with van der Waals surface area (Å²) in [7, 11) is 3.13. The van der Waals surface area contributed by atoms with Gasteiger partial charge in [0.2, 0.25) is 0 Å². The average Bonchev–Trinajstić information content (AvgIpc) is 2.00. The Hall–Kier alpha value is -0.410. The molecule has 0 unspecified atom stereocenters. The van der Waals surface area contributed by atoms with Crippen LogP contribution in [0.1, 0.15) is 19.8 Å². The highest BCUT2D eigenvalue weighted by Gasteiger charge is 2.21.